The number of rotatable bonds is 1. The van der Waals surface area contributed by atoms with E-state index >= 15 is 0 Å². The Morgan fingerprint density at radius 2 is 2.30 bits per heavy atom. The molecule has 0 bridgehead atoms. The lowest BCUT2D eigenvalue weighted by molar-refractivity contribution is 0.281. The molecule has 0 radical (unpaired) electrons. The normalized spacial score (nSPS) is 17.9. The van der Waals surface area contributed by atoms with Crippen LogP contribution in [0.15, 0.2) is 23.3 Å². The fraction of sp³-hybridized carbons (Fsp3) is 0.333. The van der Waals surface area contributed by atoms with Crippen LogP contribution in [0.3, 0.4) is 0 Å². The number of allylic oxidation sites excluding steroid dienone is 2. The van der Waals surface area contributed by atoms with E-state index in [1.54, 1.807) is 12.2 Å². The third-order valence-electron chi connectivity index (χ3n) is 1.16. The number of hydrogen-bond donors (Lipinski definition) is 0. The van der Waals surface area contributed by atoms with E-state index in [9.17, 15) is 8.42 Å². The van der Waals surface area contributed by atoms with Crippen molar-refractivity contribution in [3.8, 4) is 0 Å². The molecular formula is C6H8O3S. The molecule has 10 heavy (non-hydrogen) atoms. The Labute approximate surface area is 59.9 Å². The first-order valence-corrected chi connectivity index (χ1v) is 4.67. The molecule has 4 heteroatoms. The number of ether oxygens (including phenoxy) is 1. The summed E-state index contributed by atoms with van der Waals surface area (Å²) in [6.45, 7) is 0.162. The highest BCUT2D eigenvalue weighted by atomic mass is 32.2. The van der Waals surface area contributed by atoms with Gasteiger partial charge in [-0.3, -0.25) is 0 Å². The molecule has 0 unspecified atom stereocenters. The highest BCUT2D eigenvalue weighted by Gasteiger charge is 2.11. The fourth-order valence-corrected chi connectivity index (χ4v) is 1.22. The summed E-state index contributed by atoms with van der Waals surface area (Å²) in [5.74, 6) is 0. The van der Waals surface area contributed by atoms with E-state index in [-0.39, 0.29) is 6.61 Å². The maximum atomic E-state index is 10.8. The van der Waals surface area contributed by atoms with E-state index in [0.29, 0.717) is 4.91 Å². The van der Waals surface area contributed by atoms with Crippen LogP contribution in [0.4, 0.5) is 0 Å². The topological polar surface area (TPSA) is 43.4 Å². The lowest BCUT2D eigenvalue weighted by Gasteiger charge is -2.06. The van der Waals surface area contributed by atoms with Crippen molar-refractivity contribution in [2.75, 3.05) is 12.9 Å². The first-order chi connectivity index (χ1) is 4.61. The molecule has 0 aromatic carbocycles. The molecule has 0 N–H and O–H groups in total. The maximum absolute atomic E-state index is 10.8. The standard InChI is InChI=1S/C6H8O3S/c1-10(7,8)6-3-2-4-9-5-6/h2-4H,5H2,1H3. The molecule has 0 aromatic rings. The molecule has 1 heterocycles. The van der Waals surface area contributed by atoms with Crippen LogP contribution in [0, 0.1) is 0 Å². The molecule has 0 aliphatic carbocycles. The van der Waals surface area contributed by atoms with Gasteiger partial charge in [0.25, 0.3) is 0 Å². The maximum Gasteiger partial charge on any atom is 0.175 e. The van der Waals surface area contributed by atoms with Gasteiger partial charge in [-0.2, -0.15) is 0 Å². The van der Waals surface area contributed by atoms with Gasteiger partial charge in [0.15, 0.2) is 9.84 Å². The predicted octanol–water partition coefficient (Wildman–Crippen LogP) is 0.459. The average molecular weight is 160 g/mol. The minimum atomic E-state index is -3.04. The first-order valence-electron chi connectivity index (χ1n) is 2.78. The molecule has 1 aliphatic rings. The van der Waals surface area contributed by atoms with Crippen LogP contribution in [0.1, 0.15) is 0 Å². The van der Waals surface area contributed by atoms with Gasteiger partial charge in [0.1, 0.15) is 6.61 Å². The molecule has 0 saturated heterocycles. The van der Waals surface area contributed by atoms with E-state index in [1.165, 1.54) is 12.5 Å². The van der Waals surface area contributed by atoms with Crippen molar-refractivity contribution in [2.24, 2.45) is 0 Å². The summed E-state index contributed by atoms with van der Waals surface area (Å²) >= 11 is 0. The van der Waals surface area contributed by atoms with Gasteiger partial charge in [0.05, 0.1) is 11.2 Å². The minimum absolute atomic E-state index is 0.162. The lowest BCUT2D eigenvalue weighted by atomic mass is 10.4. The molecule has 0 spiro atoms. The molecular weight excluding hydrogens is 152 g/mol. The molecule has 0 saturated carbocycles. The van der Waals surface area contributed by atoms with Gasteiger partial charge in [-0.1, -0.05) is 0 Å². The zero-order chi connectivity index (χ0) is 7.61. The molecule has 1 aliphatic heterocycles. The van der Waals surface area contributed by atoms with Crippen molar-refractivity contribution < 1.29 is 13.2 Å². The largest absolute Gasteiger partial charge is 0.496 e. The summed E-state index contributed by atoms with van der Waals surface area (Å²) < 4.78 is 26.4. The Morgan fingerprint density at radius 3 is 2.60 bits per heavy atom. The Bertz CT molecular complexity index is 271. The minimum Gasteiger partial charge on any atom is -0.496 e. The van der Waals surface area contributed by atoms with Crippen molar-refractivity contribution in [1.82, 2.24) is 0 Å². The molecule has 0 amide bonds. The Morgan fingerprint density at radius 1 is 1.60 bits per heavy atom. The monoisotopic (exact) mass is 160 g/mol. The van der Waals surface area contributed by atoms with Crippen LogP contribution in [-0.2, 0) is 14.6 Å². The van der Waals surface area contributed by atoms with Gasteiger partial charge in [-0.25, -0.2) is 8.42 Å². The van der Waals surface area contributed by atoms with Crippen molar-refractivity contribution in [3.63, 3.8) is 0 Å². The highest BCUT2D eigenvalue weighted by Crippen LogP contribution is 2.08. The van der Waals surface area contributed by atoms with Crippen LogP contribution < -0.4 is 0 Å². The highest BCUT2D eigenvalue weighted by molar-refractivity contribution is 7.94. The van der Waals surface area contributed by atoms with Gasteiger partial charge in [0, 0.05) is 6.26 Å². The molecule has 56 valence electrons. The second kappa shape index (κ2) is 2.46. The van der Waals surface area contributed by atoms with E-state index in [1.807, 2.05) is 0 Å². The van der Waals surface area contributed by atoms with Gasteiger partial charge in [0.2, 0.25) is 0 Å². The molecule has 3 nitrogen and oxygen atoms in total. The third-order valence-corrected chi connectivity index (χ3v) is 2.37. The second-order valence-corrected chi connectivity index (χ2v) is 4.11. The van der Waals surface area contributed by atoms with Crippen LogP contribution in [0.25, 0.3) is 0 Å². The molecule has 0 aromatic heterocycles. The third kappa shape index (κ3) is 1.60. The van der Waals surface area contributed by atoms with Crippen LogP contribution >= 0.6 is 0 Å². The zero-order valence-corrected chi connectivity index (χ0v) is 6.39. The summed E-state index contributed by atoms with van der Waals surface area (Å²) in [7, 11) is -3.04. The predicted molar refractivity (Wildman–Crippen MR) is 38.0 cm³/mol. The van der Waals surface area contributed by atoms with E-state index in [2.05, 4.69) is 0 Å². The SMILES string of the molecule is CS(=O)(=O)C1=CC=COC1. The second-order valence-electron chi connectivity index (χ2n) is 2.04. The summed E-state index contributed by atoms with van der Waals surface area (Å²) in [6.07, 6.45) is 5.74. The quantitative estimate of drug-likeness (QED) is 0.559. The zero-order valence-electron chi connectivity index (χ0n) is 5.57. The summed E-state index contributed by atoms with van der Waals surface area (Å²) in [4.78, 5) is 0.329. The van der Waals surface area contributed by atoms with Crippen molar-refractivity contribution in [1.29, 1.82) is 0 Å². The first kappa shape index (κ1) is 7.34. The Balaban J connectivity index is 2.93. The molecule has 1 rings (SSSR count). The van der Waals surface area contributed by atoms with Gasteiger partial charge < -0.3 is 4.74 Å². The van der Waals surface area contributed by atoms with Crippen molar-refractivity contribution in [2.45, 2.75) is 0 Å². The fourth-order valence-electron chi connectivity index (χ4n) is 0.611. The van der Waals surface area contributed by atoms with E-state index in [4.69, 9.17) is 4.74 Å². The Hall–Kier alpha value is -0.770. The summed E-state index contributed by atoms with van der Waals surface area (Å²) in [6, 6.07) is 0. The van der Waals surface area contributed by atoms with E-state index < -0.39 is 9.84 Å². The summed E-state index contributed by atoms with van der Waals surface area (Å²) in [5, 5.41) is 0. The summed E-state index contributed by atoms with van der Waals surface area (Å²) in [5.41, 5.74) is 0. The van der Waals surface area contributed by atoms with Crippen molar-refractivity contribution >= 4 is 9.84 Å². The number of hydrogen-bond acceptors (Lipinski definition) is 3. The molecule has 0 fully saturated rings. The van der Waals surface area contributed by atoms with Crippen LogP contribution in [0.5, 0.6) is 0 Å². The van der Waals surface area contributed by atoms with Gasteiger partial charge in [-0.05, 0) is 12.2 Å². The molecule has 0 atom stereocenters. The van der Waals surface area contributed by atoms with Crippen molar-refractivity contribution in [3.05, 3.63) is 23.3 Å². The number of sulfone groups is 1. The van der Waals surface area contributed by atoms with Gasteiger partial charge in [-0.15, -0.1) is 0 Å². The Kier molecular flexibility index (Phi) is 1.80. The van der Waals surface area contributed by atoms with Gasteiger partial charge >= 0.3 is 0 Å². The van der Waals surface area contributed by atoms with Crippen LogP contribution in [-0.4, -0.2) is 21.3 Å². The van der Waals surface area contributed by atoms with Crippen LogP contribution in [0.2, 0.25) is 0 Å². The average Bonchev–Trinajstić information content (AvgIpc) is 1.88. The lowest BCUT2D eigenvalue weighted by Crippen LogP contribution is -2.07. The smallest absolute Gasteiger partial charge is 0.175 e. The van der Waals surface area contributed by atoms with E-state index in [0.717, 1.165) is 0 Å².